The molecule has 142 valence electrons. The Kier molecular flexibility index (Phi) is 6.79. The topological polar surface area (TPSA) is 66.8 Å². The van der Waals surface area contributed by atoms with Crippen molar-refractivity contribution >= 4 is 18.0 Å². The molecule has 1 aromatic rings. The molecule has 0 atom stereocenters. The summed E-state index contributed by atoms with van der Waals surface area (Å²) in [6, 6.07) is 4.52. The first kappa shape index (κ1) is 20.0. The van der Waals surface area contributed by atoms with E-state index in [9.17, 15) is 22.8 Å². The van der Waals surface area contributed by atoms with Gasteiger partial charge in [-0.15, -0.1) is 0 Å². The maximum atomic E-state index is 12.7. The normalized spacial score (nSPS) is 16.0. The molecule has 1 aliphatic heterocycles. The third-order valence-corrected chi connectivity index (χ3v) is 4.11. The number of rotatable bonds is 6. The molecule has 0 spiro atoms. The lowest BCUT2D eigenvalue weighted by molar-refractivity contribution is -0.139. The average Bonchev–Trinajstić information content (AvgIpc) is 2.60. The van der Waals surface area contributed by atoms with Gasteiger partial charge in [0.1, 0.15) is 0 Å². The Morgan fingerprint density at radius 3 is 2.58 bits per heavy atom. The predicted octanol–water partition coefficient (Wildman–Crippen LogP) is 3.20. The molecule has 0 radical (unpaired) electrons. The Labute approximate surface area is 149 Å². The molecule has 1 aromatic carbocycles. The SMILES string of the molecule is O=C(O)CCN(C(=O)C=Cc1cccc(C(F)(F)F)c1)C1CCOCC1. The van der Waals surface area contributed by atoms with Crippen LogP contribution in [0.5, 0.6) is 0 Å². The number of aliphatic carboxylic acids is 1. The van der Waals surface area contributed by atoms with Crippen LogP contribution in [0.4, 0.5) is 13.2 Å². The lowest BCUT2D eigenvalue weighted by atomic mass is 10.1. The lowest BCUT2D eigenvalue weighted by Gasteiger charge is -2.33. The first-order valence-electron chi connectivity index (χ1n) is 8.23. The van der Waals surface area contributed by atoms with Gasteiger partial charge in [-0.3, -0.25) is 9.59 Å². The quantitative estimate of drug-likeness (QED) is 0.780. The summed E-state index contributed by atoms with van der Waals surface area (Å²) in [6.07, 6.45) is -0.951. The smallest absolute Gasteiger partial charge is 0.416 e. The molecule has 1 amide bonds. The fraction of sp³-hybridized carbons (Fsp3) is 0.444. The van der Waals surface area contributed by atoms with Crippen LogP contribution < -0.4 is 0 Å². The highest BCUT2D eigenvalue weighted by Crippen LogP contribution is 2.29. The highest BCUT2D eigenvalue weighted by Gasteiger charge is 2.30. The van der Waals surface area contributed by atoms with Gasteiger partial charge >= 0.3 is 12.1 Å². The Morgan fingerprint density at radius 2 is 1.96 bits per heavy atom. The Morgan fingerprint density at radius 1 is 1.27 bits per heavy atom. The number of amides is 1. The summed E-state index contributed by atoms with van der Waals surface area (Å²) in [5, 5.41) is 8.87. The highest BCUT2D eigenvalue weighted by molar-refractivity contribution is 5.92. The number of carboxylic acids is 1. The summed E-state index contributed by atoms with van der Waals surface area (Å²) < 4.78 is 43.5. The Hall–Kier alpha value is -2.35. The van der Waals surface area contributed by atoms with Gasteiger partial charge in [0.25, 0.3) is 0 Å². The van der Waals surface area contributed by atoms with Crippen molar-refractivity contribution in [1.29, 1.82) is 0 Å². The fourth-order valence-corrected chi connectivity index (χ4v) is 2.77. The first-order chi connectivity index (χ1) is 12.3. The third kappa shape index (κ3) is 5.87. The van der Waals surface area contributed by atoms with Crippen molar-refractivity contribution in [3.05, 3.63) is 41.5 Å². The van der Waals surface area contributed by atoms with Crippen LogP contribution in [-0.4, -0.2) is 47.7 Å². The van der Waals surface area contributed by atoms with Crippen molar-refractivity contribution < 1.29 is 32.6 Å². The number of ether oxygens (including phenoxy) is 1. The first-order valence-corrected chi connectivity index (χ1v) is 8.23. The van der Waals surface area contributed by atoms with Crippen LogP contribution in [0.25, 0.3) is 6.08 Å². The third-order valence-electron chi connectivity index (χ3n) is 4.11. The second kappa shape index (κ2) is 8.84. The standard InChI is InChI=1S/C18H20F3NO4/c19-18(20,21)14-3-1-2-13(12-14)4-5-16(23)22(9-6-17(24)25)15-7-10-26-11-8-15/h1-5,12,15H,6-11H2,(H,24,25). The van der Waals surface area contributed by atoms with E-state index in [4.69, 9.17) is 9.84 Å². The van der Waals surface area contributed by atoms with E-state index in [1.165, 1.54) is 29.2 Å². The number of carbonyl (C=O) groups is 2. The van der Waals surface area contributed by atoms with Gasteiger partial charge in [0.15, 0.2) is 0 Å². The Bertz CT molecular complexity index is 667. The van der Waals surface area contributed by atoms with Crippen LogP contribution in [-0.2, 0) is 20.5 Å². The number of hydrogen-bond acceptors (Lipinski definition) is 3. The van der Waals surface area contributed by atoms with E-state index in [0.29, 0.717) is 26.1 Å². The number of nitrogens with zero attached hydrogens (tertiary/aromatic N) is 1. The van der Waals surface area contributed by atoms with Crippen molar-refractivity contribution in [1.82, 2.24) is 4.90 Å². The van der Waals surface area contributed by atoms with E-state index >= 15 is 0 Å². The minimum Gasteiger partial charge on any atom is -0.481 e. The molecule has 0 aromatic heterocycles. The summed E-state index contributed by atoms with van der Waals surface area (Å²) in [5.74, 6) is -1.44. The van der Waals surface area contributed by atoms with E-state index in [-0.39, 0.29) is 24.6 Å². The molecule has 1 aliphatic rings. The number of carboxylic acid groups (broad SMARTS) is 1. The van der Waals surface area contributed by atoms with Gasteiger partial charge in [-0.2, -0.15) is 13.2 Å². The van der Waals surface area contributed by atoms with Gasteiger partial charge in [0.2, 0.25) is 5.91 Å². The zero-order valence-corrected chi connectivity index (χ0v) is 14.0. The summed E-state index contributed by atoms with van der Waals surface area (Å²) in [5.41, 5.74) is -0.544. The number of halogens is 3. The van der Waals surface area contributed by atoms with E-state index in [0.717, 1.165) is 12.1 Å². The van der Waals surface area contributed by atoms with Gasteiger partial charge in [-0.05, 0) is 36.6 Å². The summed E-state index contributed by atoms with van der Waals surface area (Å²) in [4.78, 5) is 24.8. The fourth-order valence-electron chi connectivity index (χ4n) is 2.77. The number of hydrogen-bond donors (Lipinski definition) is 1. The molecular weight excluding hydrogens is 351 g/mol. The van der Waals surface area contributed by atoms with E-state index < -0.39 is 23.6 Å². The molecule has 1 heterocycles. The average molecular weight is 371 g/mol. The monoisotopic (exact) mass is 371 g/mol. The molecule has 1 saturated heterocycles. The molecule has 1 fully saturated rings. The lowest BCUT2D eigenvalue weighted by Crippen LogP contribution is -2.43. The Balaban J connectivity index is 2.12. The van der Waals surface area contributed by atoms with Crippen molar-refractivity contribution in [2.24, 2.45) is 0 Å². The minimum absolute atomic E-state index is 0.0474. The number of carbonyl (C=O) groups excluding carboxylic acids is 1. The van der Waals surface area contributed by atoms with Gasteiger partial charge in [-0.1, -0.05) is 12.1 Å². The number of alkyl halides is 3. The molecule has 26 heavy (non-hydrogen) atoms. The molecule has 1 N–H and O–H groups in total. The van der Waals surface area contributed by atoms with Crippen LogP contribution in [0.2, 0.25) is 0 Å². The zero-order chi connectivity index (χ0) is 19.2. The van der Waals surface area contributed by atoms with Crippen LogP contribution in [0.1, 0.15) is 30.4 Å². The van der Waals surface area contributed by atoms with Crippen LogP contribution >= 0.6 is 0 Å². The highest BCUT2D eigenvalue weighted by atomic mass is 19.4. The second-order valence-electron chi connectivity index (χ2n) is 5.98. The van der Waals surface area contributed by atoms with Gasteiger partial charge in [-0.25, -0.2) is 0 Å². The minimum atomic E-state index is -4.45. The molecule has 0 saturated carbocycles. The number of benzene rings is 1. The van der Waals surface area contributed by atoms with E-state index in [2.05, 4.69) is 0 Å². The maximum Gasteiger partial charge on any atom is 0.416 e. The van der Waals surface area contributed by atoms with Crippen LogP contribution in [0.15, 0.2) is 30.3 Å². The summed E-state index contributed by atoms with van der Waals surface area (Å²) in [7, 11) is 0. The molecule has 0 aliphatic carbocycles. The zero-order valence-electron chi connectivity index (χ0n) is 14.0. The molecule has 0 bridgehead atoms. The van der Waals surface area contributed by atoms with Crippen LogP contribution in [0.3, 0.4) is 0 Å². The largest absolute Gasteiger partial charge is 0.481 e. The summed E-state index contributed by atoms with van der Waals surface area (Å²) in [6.45, 7) is 1.02. The molecule has 8 heteroatoms. The van der Waals surface area contributed by atoms with Crippen LogP contribution in [0, 0.1) is 0 Å². The van der Waals surface area contributed by atoms with Gasteiger partial charge < -0.3 is 14.7 Å². The van der Waals surface area contributed by atoms with Crippen molar-refractivity contribution in [2.75, 3.05) is 19.8 Å². The molecule has 2 rings (SSSR count). The van der Waals surface area contributed by atoms with E-state index in [1.54, 1.807) is 0 Å². The maximum absolute atomic E-state index is 12.7. The van der Waals surface area contributed by atoms with Crippen molar-refractivity contribution in [2.45, 2.75) is 31.5 Å². The van der Waals surface area contributed by atoms with Gasteiger partial charge in [0.05, 0.1) is 12.0 Å². The van der Waals surface area contributed by atoms with Crippen molar-refractivity contribution in [3.63, 3.8) is 0 Å². The molecule has 5 nitrogen and oxygen atoms in total. The van der Waals surface area contributed by atoms with Gasteiger partial charge in [0, 0.05) is 31.9 Å². The second-order valence-corrected chi connectivity index (χ2v) is 5.98. The van der Waals surface area contributed by atoms with Crippen molar-refractivity contribution in [3.8, 4) is 0 Å². The predicted molar refractivity (Wildman–Crippen MR) is 88.3 cm³/mol. The summed E-state index contributed by atoms with van der Waals surface area (Å²) >= 11 is 0. The molecule has 0 unspecified atom stereocenters. The van der Waals surface area contributed by atoms with E-state index in [1.807, 2.05) is 0 Å². The molecular formula is C18H20F3NO4.